The van der Waals surface area contributed by atoms with E-state index in [-0.39, 0.29) is 82.2 Å². The Hall–Kier alpha value is -8.06. The van der Waals surface area contributed by atoms with Crippen molar-refractivity contribution >= 4 is 59.3 Å². The molecule has 0 saturated heterocycles. The normalized spacial score (nSPS) is 16.7. The van der Waals surface area contributed by atoms with Crippen LogP contribution in [0.2, 0.25) is 0 Å². The van der Waals surface area contributed by atoms with Crippen LogP contribution in [-0.4, -0.2) is 147 Å². The molecule has 7 atom stereocenters. The van der Waals surface area contributed by atoms with Crippen molar-refractivity contribution in [2.75, 3.05) is 32.8 Å². The summed E-state index contributed by atoms with van der Waals surface area (Å²) < 4.78 is 31.6. The first-order valence-corrected chi connectivity index (χ1v) is 29.4. The monoisotopic (exact) mass is 1200 g/mol. The van der Waals surface area contributed by atoms with Crippen LogP contribution in [0.15, 0.2) is 72.9 Å². The van der Waals surface area contributed by atoms with Gasteiger partial charge in [-0.3, -0.25) is 43.3 Å². The quantitative estimate of drug-likeness (QED) is 0.0301. The van der Waals surface area contributed by atoms with Crippen LogP contribution in [0.25, 0.3) is 11.1 Å². The molecule has 86 heavy (non-hydrogen) atoms. The number of carboxylic acids is 1. The molecule has 0 spiro atoms. The smallest absolute Gasteiger partial charge is 0.326 e. The zero-order valence-electron chi connectivity index (χ0n) is 49.7. The molecule has 1 aliphatic carbocycles. The number of urea groups is 1. The minimum absolute atomic E-state index is 0.00955. The van der Waals surface area contributed by atoms with Crippen LogP contribution in [0.3, 0.4) is 0 Å². The number of aliphatic carboxylic acids is 1. The summed E-state index contributed by atoms with van der Waals surface area (Å²) >= 11 is 0. The lowest BCUT2D eigenvalue weighted by Crippen LogP contribution is -2.57. The maximum Gasteiger partial charge on any atom is 0.326 e. The van der Waals surface area contributed by atoms with E-state index in [4.69, 9.17) is 11.5 Å². The number of primary amides is 1. The minimum Gasteiger partial charge on any atom is -0.480 e. The second-order valence-electron chi connectivity index (χ2n) is 23.5. The Balaban J connectivity index is 1.10. The number of rotatable bonds is 34. The Labute approximate surface area is 500 Å². The fraction of sp³-hybridized carbons (Fsp3) is 0.541. The number of carbonyl (C=O) groups is 10. The summed E-state index contributed by atoms with van der Waals surface area (Å²) in [6.45, 7) is 8.98. The molecule has 10 amide bonds. The van der Waals surface area contributed by atoms with Gasteiger partial charge in [-0.15, -0.1) is 0 Å². The lowest BCUT2D eigenvalue weighted by molar-refractivity contribution is -0.142. The number of aliphatic hydroxyl groups is 1. The van der Waals surface area contributed by atoms with Crippen LogP contribution in [-0.2, 0) is 49.7 Å². The van der Waals surface area contributed by atoms with Gasteiger partial charge >= 0.3 is 12.0 Å². The second kappa shape index (κ2) is 33.0. The third-order valence-electron chi connectivity index (χ3n) is 15.3. The van der Waals surface area contributed by atoms with Gasteiger partial charge in [0.1, 0.15) is 36.4 Å². The largest absolute Gasteiger partial charge is 0.480 e. The molecule has 0 bridgehead atoms. The van der Waals surface area contributed by atoms with Crippen LogP contribution in [0.1, 0.15) is 135 Å². The number of hydrogen-bond acceptors (Lipinski definition) is 12. The van der Waals surface area contributed by atoms with Crippen LogP contribution >= 0.6 is 0 Å². The number of unbranched alkanes of at least 4 members (excludes halogenated alkanes) is 3. The topological polar surface area (TPSA) is 347 Å². The molecular formula is C61H85F2N11O12. The van der Waals surface area contributed by atoms with E-state index >= 15 is 4.39 Å². The Morgan fingerprint density at radius 3 is 2.10 bits per heavy atom. The number of halogens is 2. The predicted octanol–water partition coefficient (Wildman–Crippen LogP) is 3.81. The summed E-state index contributed by atoms with van der Waals surface area (Å²) in [5, 5.41) is 36.4. The van der Waals surface area contributed by atoms with Crippen LogP contribution < -0.4 is 43.4 Å². The van der Waals surface area contributed by atoms with E-state index in [0.29, 0.717) is 62.7 Å². The molecule has 470 valence electrons. The van der Waals surface area contributed by atoms with Crippen LogP contribution in [0.4, 0.5) is 13.6 Å². The molecule has 23 nitrogen and oxygen atoms in total. The summed E-state index contributed by atoms with van der Waals surface area (Å²) in [5.41, 5.74) is 12.9. The van der Waals surface area contributed by atoms with Crippen molar-refractivity contribution in [2.24, 2.45) is 28.7 Å². The van der Waals surface area contributed by atoms with Gasteiger partial charge in [0.15, 0.2) is 0 Å². The number of hydrogen-bond donors (Lipinski definition) is 10. The van der Waals surface area contributed by atoms with Crippen LogP contribution in [0.5, 0.6) is 0 Å². The molecule has 12 N–H and O–H groups in total. The Bertz CT molecular complexity index is 2880. The van der Waals surface area contributed by atoms with E-state index in [1.807, 2.05) is 55.7 Å². The highest BCUT2D eigenvalue weighted by Gasteiger charge is 2.39. The van der Waals surface area contributed by atoms with Gasteiger partial charge in [0.05, 0.1) is 12.1 Å². The Kier molecular flexibility index (Phi) is 26.4. The Morgan fingerprint density at radius 2 is 1.45 bits per heavy atom. The number of carboxylic acid groups (broad SMARTS) is 1. The van der Waals surface area contributed by atoms with Gasteiger partial charge in [-0.05, 0) is 112 Å². The number of amides is 10. The number of aliphatic hydroxyl groups excluding tert-OH is 1. The maximum absolute atomic E-state index is 15.2. The second-order valence-corrected chi connectivity index (χ2v) is 23.5. The van der Waals surface area contributed by atoms with Gasteiger partial charge < -0.3 is 63.0 Å². The number of benzene rings is 2. The van der Waals surface area contributed by atoms with E-state index in [0.717, 1.165) is 28.7 Å². The lowest BCUT2D eigenvalue weighted by atomic mass is 9.82. The fourth-order valence-electron chi connectivity index (χ4n) is 10.7. The van der Waals surface area contributed by atoms with Crippen molar-refractivity contribution in [1.82, 2.24) is 46.3 Å². The predicted molar refractivity (Wildman–Crippen MR) is 314 cm³/mol. The summed E-state index contributed by atoms with van der Waals surface area (Å²) in [4.78, 5) is 131. The van der Waals surface area contributed by atoms with Crippen molar-refractivity contribution in [3.8, 4) is 11.1 Å². The van der Waals surface area contributed by atoms with Gasteiger partial charge in [-0.25, -0.2) is 18.4 Å². The number of imide groups is 1. The highest BCUT2D eigenvalue weighted by molar-refractivity contribution is 6.12. The van der Waals surface area contributed by atoms with Crippen molar-refractivity contribution in [1.29, 1.82) is 0 Å². The standard InChI is InChI=1S/C61H85F2N11O12/c1-37(2)53(71-49(76)19-10-7-13-29-73-50(77)24-25-51(73)78)58(83)69-46(18-14-28-67-60(65)86)57(82)70-47(59(84)85)17-11-12-27-66-55(80)39-20-22-42(31-39)68-56(81)45(64)26-30-74(52(79)36-75)54(61(3,4)5)48-32-40(43-33-41(62)21-23-44(43)63)35-72(48)34-38-15-8-6-9-16-38/h6,8-9,15-16,21,23-25,32-33,35,37,39,42,45-47,53-54,75H,7,10-14,17-20,22,26-31,34,36,64H2,1-5H3,(H,66,80)(H,68,81)(H,69,83)(H,70,82)(H,71,76)(H,84,85)(H3,65,67,86)/t39-,42+,45+,46+,47+,53+,54+/m1/s1. The molecule has 0 unspecified atom stereocenters. The minimum atomic E-state index is -1.38. The molecule has 25 heteroatoms. The summed E-state index contributed by atoms with van der Waals surface area (Å²) in [6.07, 6.45) is 7.52. The molecule has 2 aliphatic rings. The van der Waals surface area contributed by atoms with Crippen molar-refractivity contribution in [2.45, 2.75) is 161 Å². The van der Waals surface area contributed by atoms with Gasteiger partial charge in [0, 0.05) is 86.3 Å². The maximum atomic E-state index is 15.2. The average Bonchev–Trinajstić information content (AvgIpc) is 1.98. The number of nitrogens with one attached hydrogen (secondary N) is 6. The number of carbonyl (C=O) groups excluding carboxylic acids is 9. The first-order chi connectivity index (χ1) is 40.8. The molecule has 3 aromatic rings. The molecule has 2 aromatic carbocycles. The number of nitrogens with zero attached hydrogens (tertiary/aromatic N) is 3. The van der Waals surface area contributed by atoms with E-state index in [2.05, 4.69) is 31.9 Å². The number of aromatic nitrogens is 1. The van der Waals surface area contributed by atoms with E-state index in [1.54, 1.807) is 26.1 Å². The average molecular weight is 1200 g/mol. The molecule has 1 aromatic heterocycles. The summed E-state index contributed by atoms with van der Waals surface area (Å²) in [5.74, 6) is -7.59. The zero-order chi connectivity index (χ0) is 63.3. The van der Waals surface area contributed by atoms with Gasteiger partial charge in [0.25, 0.3) is 11.8 Å². The van der Waals surface area contributed by atoms with Crippen molar-refractivity contribution in [3.63, 3.8) is 0 Å². The van der Waals surface area contributed by atoms with E-state index in [9.17, 15) is 62.5 Å². The van der Waals surface area contributed by atoms with Crippen molar-refractivity contribution < 1.29 is 66.9 Å². The molecule has 5 rings (SSSR count). The molecule has 1 aliphatic heterocycles. The molecule has 1 fully saturated rings. The van der Waals surface area contributed by atoms with Gasteiger partial charge in [-0.1, -0.05) is 71.4 Å². The van der Waals surface area contributed by atoms with E-state index in [1.165, 1.54) is 17.1 Å². The molecule has 0 radical (unpaired) electrons. The van der Waals surface area contributed by atoms with E-state index < -0.39 is 119 Å². The molecule has 1 saturated carbocycles. The van der Waals surface area contributed by atoms with Gasteiger partial charge in [0.2, 0.25) is 35.4 Å². The fourth-order valence-corrected chi connectivity index (χ4v) is 10.7. The Morgan fingerprint density at radius 1 is 0.779 bits per heavy atom. The molecule has 2 heterocycles. The summed E-state index contributed by atoms with van der Waals surface area (Å²) in [7, 11) is 0. The third kappa shape index (κ3) is 20.9. The highest BCUT2D eigenvalue weighted by atomic mass is 19.1. The number of nitrogens with two attached hydrogens (primary N) is 2. The first kappa shape index (κ1) is 68.7. The van der Waals surface area contributed by atoms with Crippen molar-refractivity contribution in [3.05, 3.63) is 95.8 Å². The first-order valence-electron chi connectivity index (χ1n) is 29.4. The third-order valence-corrected chi connectivity index (χ3v) is 15.3. The summed E-state index contributed by atoms with van der Waals surface area (Å²) in [6, 6.07) is 7.59. The zero-order valence-corrected chi connectivity index (χ0v) is 49.7. The van der Waals surface area contributed by atoms with Crippen LogP contribution in [0, 0.1) is 28.9 Å². The molecular weight excluding hydrogens is 1120 g/mol. The lowest BCUT2D eigenvalue weighted by Gasteiger charge is -2.41. The van der Waals surface area contributed by atoms with Gasteiger partial charge in [-0.2, -0.15) is 0 Å². The highest BCUT2D eigenvalue weighted by Crippen LogP contribution is 2.41. The SMILES string of the molecule is CC(C)[C@H](NC(=O)CCCCCN1C(=O)C=CC1=O)C(=O)N[C@@H](CCCNC(N)=O)C(=O)N[C@@H](CCCCNC(=O)[C@@H]1CC[C@H](NC(=O)[C@@H](N)CCN(C(=O)CO)[C@@H](c2cc(-c3cc(F)ccc3F)cn2Cc2ccccc2)C(C)(C)C)C1)C(=O)O.